The first-order valence-electron chi connectivity index (χ1n) is 6.79. The Morgan fingerprint density at radius 2 is 2.18 bits per heavy atom. The highest BCUT2D eigenvalue weighted by Gasteiger charge is 2.46. The van der Waals surface area contributed by atoms with Crippen molar-refractivity contribution in [1.29, 1.82) is 0 Å². The van der Waals surface area contributed by atoms with E-state index in [0.717, 1.165) is 38.3 Å². The fourth-order valence-corrected chi connectivity index (χ4v) is 3.30. The van der Waals surface area contributed by atoms with Gasteiger partial charge in [-0.1, -0.05) is 6.42 Å². The van der Waals surface area contributed by atoms with Gasteiger partial charge in [0.2, 0.25) is 5.91 Å². The predicted molar refractivity (Wildman–Crippen MR) is 68.6 cm³/mol. The van der Waals surface area contributed by atoms with E-state index >= 15 is 0 Å². The second kappa shape index (κ2) is 4.94. The summed E-state index contributed by atoms with van der Waals surface area (Å²) in [5, 5.41) is 3.20. The lowest BCUT2D eigenvalue weighted by molar-refractivity contribution is -0.125. The lowest BCUT2D eigenvalue weighted by Crippen LogP contribution is -2.56. The zero-order chi connectivity index (χ0) is 12.5. The third-order valence-electron chi connectivity index (χ3n) is 4.71. The van der Waals surface area contributed by atoms with Gasteiger partial charge in [-0.05, 0) is 58.7 Å². The number of carbonyl (C=O) groups excluding carboxylic acids is 1. The van der Waals surface area contributed by atoms with Crippen molar-refractivity contribution < 1.29 is 4.79 Å². The molecule has 2 saturated carbocycles. The molecule has 0 bridgehead atoms. The monoisotopic (exact) mass is 239 g/mol. The van der Waals surface area contributed by atoms with Gasteiger partial charge >= 0.3 is 0 Å². The maximum atomic E-state index is 11.7. The van der Waals surface area contributed by atoms with Crippen LogP contribution in [0.25, 0.3) is 0 Å². The highest BCUT2D eigenvalue weighted by Crippen LogP contribution is 2.38. The Morgan fingerprint density at radius 1 is 1.47 bits per heavy atom. The minimum absolute atomic E-state index is 0.170. The lowest BCUT2D eigenvalue weighted by Gasteiger charge is -2.33. The van der Waals surface area contributed by atoms with Crippen LogP contribution in [0.15, 0.2) is 0 Å². The number of rotatable bonds is 6. The van der Waals surface area contributed by atoms with Gasteiger partial charge in [-0.2, -0.15) is 0 Å². The molecule has 2 rings (SSSR count). The Kier molecular flexibility index (Phi) is 3.73. The number of carbonyl (C=O) groups is 1. The molecule has 0 aromatic heterocycles. The van der Waals surface area contributed by atoms with E-state index in [1.807, 2.05) is 7.05 Å². The van der Waals surface area contributed by atoms with Crippen LogP contribution in [-0.2, 0) is 4.79 Å². The normalized spacial score (nSPS) is 33.2. The minimum Gasteiger partial charge on any atom is -0.368 e. The number of likely N-dealkylation sites (N-methyl/N-ethyl adjacent to an activating group) is 1. The van der Waals surface area contributed by atoms with Crippen LogP contribution < -0.4 is 11.1 Å². The topological polar surface area (TPSA) is 58.4 Å². The molecule has 17 heavy (non-hydrogen) atoms. The van der Waals surface area contributed by atoms with Gasteiger partial charge in [0.05, 0.1) is 0 Å². The third kappa shape index (κ3) is 2.47. The number of hydrogen-bond acceptors (Lipinski definition) is 3. The molecule has 2 fully saturated rings. The van der Waals surface area contributed by atoms with Crippen molar-refractivity contribution in [2.75, 3.05) is 20.6 Å². The third-order valence-corrected chi connectivity index (χ3v) is 4.71. The van der Waals surface area contributed by atoms with E-state index in [9.17, 15) is 4.79 Å². The molecule has 2 atom stereocenters. The zero-order valence-electron chi connectivity index (χ0n) is 11.0. The van der Waals surface area contributed by atoms with E-state index in [4.69, 9.17) is 5.73 Å². The van der Waals surface area contributed by atoms with Gasteiger partial charge < -0.3 is 16.0 Å². The molecule has 2 aliphatic rings. The second-order valence-electron chi connectivity index (χ2n) is 5.68. The molecule has 0 aliphatic heterocycles. The van der Waals surface area contributed by atoms with E-state index < -0.39 is 5.54 Å². The minimum atomic E-state index is -0.440. The number of nitrogens with zero attached hydrogens (tertiary/aromatic N) is 1. The van der Waals surface area contributed by atoms with E-state index in [0.29, 0.717) is 5.92 Å². The zero-order valence-corrected chi connectivity index (χ0v) is 11.0. The molecule has 3 N–H and O–H groups in total. The van der Waals surface area contributed by atoms with Gasteiger partial charge in [-0.15, -0.1) is 0 Å². The van der Waals surface area contributed by atoms with Crippen molar-refractivity contribution in [1.82, 2.24) is 10.2 Å². The van der Waals surface area contributed by atoms with Crippen LogP contribution in [0.3, 0.4) is 0 Å². The van der Waals surface area contributed by atoms with Crippen LogP contribution in [0.1, 0.15) is 38.5 Å². The fourth-order valence-electron chi connectivity index (χ4n) is 3.30. The van der Waals surface area contributed by atoms with Crippen LogP contribution >= 0.6 is 0 Å². The smallest absolute Gasteiger partial charge is 0.238 e. The molecule has 0 aromatic rings. The largest absolute Gasteiger partial charge is 0.368 e. The Hall–Kier alpha value is -0.610. The number of nitrogens with one attached hydrogen (secondary N) is 1. The average molecular weight is 239 g/mol. The average Bonchev–Trinajstić information content (AvgIpc) is 3.06. The van der Waals surface area contributed by atoms with Crippen molar-refractivity contribution in [2.24, 2.45) is 11.7 Å². The van der Waals surface area contributed by atoms with Crippen molar-refractivity contribution in [3.63, 3.8) is 0 Å². The van der Waals surface area contributed by atoms with Gasteiger partial charge in [-0.3, -0.25) is 4.79 Å². The predicted octanol–water partition coefficient (Wildman–Crippen LogP) is 0.714. The van der Waals surface area contributed by atoms with Crippen LogP contribution in [-0.4, -0.2) is 43.0 Å². The first kappa shape index (κ1) is 12.8. The molecule has 4 nitrogen and oxygen atoms in total. The summed E-state index contributed by atoms with van der Waals surface area (Å²) in [6, 6.07) is 0.800. The van der Waals surface area contributed by atoms with Gasteiger partial charge in [0.25, 0.3) is 0 Å². The van der Waals surface area contributed by atoms with Crippen molar-refractivity contribution >= 4 is 5.91 Å². The molecule has 1 amide bonds. The molecular weight excluding hydrogens is 214 g/mol. The molecule has 98 valence electrons. The number of nitrogens with two attached hydrogens (primary N) is 1. The maximum absolute atomic E-state index is 11.7. The summed E-state index contributed by atoms with van der Waals surface area (Å²) in [7, 11) is 4.06. The highest BCUT2D eigenvalue weighted by molar-refractivity contribution is 5.85. The number of amides is 1. The molecule has 0 saturated heterocycles. The summed E-state index contributed by atoms with van der Waals surface area (Å²) in [6.07, 6.45) is 6.90. The molecule has 0 aromatic carbocycles. The molecule has 0 heterocycles. The van der Waals surface area contributed by atoms with Crippen LogP contribution in [0.5, 0.6) is 0 Å². The Labute approximate surface area is 104 Å². The number of primary amides is 1. The van der Waals surface area contributed by atoms with Crippen molar-refractivity contribution in [2.45, 2.75) is 50.1 Å². The van der Waals surface area contributed by atoms with E-state index in [-0.39, 0.29) is 5.91 Å². The van der Waals surface area contributed by atoms with Crippen LogP contribution in [0.4, 0.5) is 0 Å². The Morgan fingerprint density at radius 3 is 2.71 bits per heavy atom. The van der Waals surface area contributed by atoms with Gasteiger partial charge in [0, 0.05) is 6.04 Å². The Balaban J connectivity index is 1.91. The molecule has 0 spiro atoms. The van der Waals surface area contributed by atoms with Gasteiger partial charge in [0.15, 0.2) is 0 Å². The van der Waals surface area contributed by atoms with Crippen molar-refractivity contribution in [3.8, 4) is 0 Å². The summed E-state index contributed by atoms with van der Waals surface area (Å²) in [4.78, 5) is 14.1. The quantitative estimate of drug-likeness (QED) is 0.718. The Bertz CT molecular complexity index is 290. The summed E-state index contributed by atoms with van der Waals surface area (Å²) in [5.74, 6) is 0.239. The highest BCUT2D eigenvalue weighted by atomic mass is 16.1. The first-order chi connectivity index (χ1) is 8.10. The standard InChI is InChI=1S/C13H25N3O/c1-15-13(12(14)17)8-3-4-10(13)7-9-16(2)11-5-6-11/h10-11,15H,3-9H2,1-2H3,(H2,14,17). The SMILES string of the molecule is CNC1(C(N)=O)CCCC1CCN(C)C1CC1. The van der Waals surface area contributed by atoms with E-state index in [1.165, 1.54) is 12.8 Å². The lowest BCUT2D eigenvalue weighted by atomic mass is 9.84. The molecular formula is C13H25N3O. The van der Waals surface area contributed by atoms with Crippen molar-refractivity contribution in [3.05, 3.63) is 0 Å². The van der Waals surface area contributed by atoms with Gasteiger partial charge in [0.1, 0.15) is 5.54 Å². The summed E-state index contributed by atoms with van der Waals surface area (Å²) < 4.78 is 0. The molecule has 2 aliphatic carbocycles. The number of hydrogen-bond donors (Lipinski definition) is 2. The second-order valence-corrected chi connectivity index (χ2v) is 5.68. The van der Waals surface area contributed by atoms with E-state index in [2.05, 4.69) is 17.3 Å². The van der Waals surface area contributed by atoms with Crippen LogP contribution in [0, 0.1) is 5.92 Å². The molecule has 0 radical (unpaired) electrons. The van der Waals surface area contributed by atoms with E-state index in [1.54, 1.807) is 0 Å². The molecule has 4 heteroatoms. The van der Waals surface area contributed by atoms with Crippen LogP contribution in [0.2, 0.25) is 0 Å². The maximum Gasteiger partial charge on any atom is 0.238 e. The van der Waals surface area contributed by atoms with Gasteiger partial charge in [-0.25, -0.2) is 0 Å². The fraction of sp³-hybridized carbons (Fsp3) is 0.923. The first-order valence-corrected chi connectivity index (χ1v) is 6.79. The summed E-state index contributed by atoms with van der Waals surface area (Å²) in [5.41, 5.74) is 5.16. The summed E-state index contributed by atoms with van der Waals surface area (Å²) >= 11 is 0. The summed E-state index contributed by atoms with van der Waals surface area (Å²) in [6.45, 7) is 1.09. The molecule has 2 unspecified atom stereocenters.